The Bertz CT molecular complexity index is 450. The van der Waals surface area contributed by atoms with Crippen molar-refractivity contribution in [2.45, 2.75) is 19.9 Å². The summed E-state index contributed by atoms with van der Waals surface area (Å²) in [5.74, 6) is 1.41. The molecule has 1 aromatic rings. The van der Waals surface area contributed by atoms with E-state index in [-0.39, 0.29) is 5.82 Å². The lowest BCUT2D eigenvalue weighted by molar-refractivity contribution is 0.537. The largest absolute Gasteiger partial charge is 0.334 e. The van der Waals surface area contributed by atoms with Crippen LogP contribution in [0.2, 0.25) is 0 Å². The van der Waals surface area contributed by atoms with Crippen LogP contribution in [0.1, 0.15) is 13.8 Å². The van der Waals surface area contributed by atoms with Crippen LogP contribution in [-0.4, -0.2) is 17.0 Å². The van der Waals surface area contributed by atoms with Crippen LogP contribution in [-0.2, 0) is 0 Å². The van der Waals surface area contributed by atoms with Crippen molar-refractivity contribution >= 4 is 38.5 Å². The van der Waals surface area contributed by atoms with Crippen molar-refractivity contribution in [3.05, 3.63) is 28.5 Å². The average Bonchev–Trinajstić information content (AvgIpc) is 2.27. The van der Waals surface area contributed by atoms with Gasteiger partial charge in [0.05, 0.1) is 11.7 Å². The molecule has 0 fully saturated rings. The zero-order chi connectivity index (χ0) is 12.4. The highest BCUT2D eigenvalue weighted by molar-refractivity contribution is 9.10. The Morgan fingerprint density at radius 1 is 1.47 bits per heavy atom. The maximum absolute atomic E-state index is 12.9. The summed E-state index contributed by atoms with van der Waals surface area (Å²) < 4.78 is 13.7. The average molecular weight is 317 g/mol. The van der Waals surface area contributed by atoms with E-state index >= 15 is 0 Å². The fraction of sp³-hybridized carbons (Fsp3) is 0.417. The molecule has 2 atom stereocenters. The SMILES string of the molecule is CC1CSC(Nc2ccc(F)cc2Br)=NC1C. The van der Waals surface area contributed by atoms with Gasteiger partial charge in [0.2, 0.25) is 0 Å². The Kier molecular flexibility index (Phi) is 4.09. The fourth-order valence-electron chi connectivity index (χ4n) is 1.47. The highest BCUT2D eigenvalue weighted by Crippen LogP contribution is 2.27. The summed E-state index contributed by atoms with van der Waals surface area (Å²) >= 11 is 5.04. The molecule has 17 heavy (non-hydrogen) atoms. The maximum Gasteiger partial charge on any atom is 0.161 e. The quantitative estimate of drug-likeness (QED) is 0.842. The molecule has 1 aliphatic heterocycles. The van der Waals surface area contributed by atoms with Crippen LogP contribution in [0.5, 0.6) is 0 Å². The lowest BCUT2D eigenvalue weighted by atomic mass is 10.1. The third-order valence-corrected chi connectivity index (χ3v) is 4.63. The first-order valence-electron chi connectivity index (χ1n) is 5.49. The molecular weight excluding hydrogens is 303 g/mol. The highest BCUT2D eigenvalue weighted by Gasteiger charge is 2.19. The van der Waals surface area contributed by atoms with Gasteiger partial charge in [-0.05, 0) is 47.0 Å². The molecule has 0 bridgehead atoms. The van der Waals surface area contributed by atoms with Gasteiger partial charge in [-0.1, -0.05) is 18.7 Å². The number of thioether (sulfide) groups is 1. The fourth-order valence-corrected chi connectivity index (χ4v) is 3.05. The van der Waals surface area contributed by atoms with E-state index in [1.54, 1.807) is 17.8 Å². The van der Waals surface area contributed by atoms with Crippen molar-refractivity contribution in [2.75, 3.05) is 11.1 Å². The van der Waals surface area contributed by atoms with E-state index in [4.69, 9.17) is 0 Å². The van der Waals surface area contributed by atoms with Crippen LogP contribution in [0.25, 0.3) is 0 Å². The molecule has 5 heteroatoms. The summed E-state index contributed by atoms with van der Waals surface area (Å²) in [6.45, 7) is 4.32. The first kappa shape index (κ1) is 12.9. The first-order chi connectivity index (χ1) is 8.06. The van der Waals surface area contributed by atoms with Crippen LogP contribution in [0.15, 0.2) is 27.7 Å². The topological polar surface area (TPSA) is 24.4 Å². The zero-order valence-corrected chi connectivity index (χ0v) is 12.1. The Hall–Kier alpha value is -0.550. The molecule has 0 spiro atoms. The van der Waals surface area contributed by atoms with Gasteiger partial charge in [-0.25, -0.2) is 4.39 Å². The second-order valence-corrected chi connectivity index (χ2v) is 6.08. The van der Waals surface area contributed by atoms with Gasteiger partial charge in [0.1, 0.15) is 5.82 Å². The summed E-state index contributed by atoms with van der Waals surface area (Å²) in [7, 11) is 0. The molecule has 0 saturated carbocycles. The number of halogens is 2. The predicted molar refractivity (Wildman–Crippen MR) is 76.2 cm³/mol. The molecule has 1 aliphatic rings. The first-order valence-corrected chi connectivity index (χ1v) is 7.27. The zero-order valence-electron chi connectivity index (χ0n) is 9.71. The third-order valence-electron chi connectivity index (χ3n) is 2.80. The van der Waals surface area contributed by atoms with E-state index in [9.17, 15) is 4.39 Å². The van der Waals surface area contributed by atoms with Crippen LogP contribution in [0, 0.1) is 11.7 Å². The minimum absolute atomic E-state index is 0.248. The Morgan fingerprint density at radius 2 is 2.24 bits per heavy atom. The molecule has 2 rings (SSSR count). The summed E-state index contributed by atoms with van der Waals surface area (Å²) in [4.78, 5) is 4.58. The lowest BCUT2D eigenvalue weighted by Gasteiger charge is -2.24. The van der Waals surface area contributed by atoms with E-state index in [2.05, 4.69) is 40.1 Å². The van der Waals surface area contributed by atoms with E-state index in [0.29, 0.717) is 16.4 Å². The van der Waals surface area contributed by atoms with Gasteiger partial charge in [0.15, 0.2) is 5.17 Å². The monoisotopic (exact) mass is 316 g/mol. The van der Waals surface area contributed by atoms with Gasteiger partial charge in [0.25, 0.3) is 0 Å². The van der Waals surface area contributed by atoms with Crippen LogP contribution < -0.4 is 5.32 Å². The molecule has 1 aromatic carbocycles. The summed E-state index contributed by atoms with van der Waals surface area (Å²) in [5, 5.41) is 4.13. The number of nitrogens with one attached hydrogen (secondary N) is 1. The smallest absolute Gasteiger partial charge is 0.161 e. The second kappa shape index (κ2) is 5.40. The van der Waals surface area contributed by atoms with Gasteiger partial charge in [-0.3, -0.25) is 4.99 Å². The molecule has 0 aromatic heterocycles. The third kappa shape index (κ3) is 3.22. The van der Waals surface area contributed by atoms with Gasteiger partial charge in [0, 0.05) is 10.2 Å². The van der Waals surface area contributed by atoms with Gasteiger partial charge >= 0.3 is 0 Å². The minimum Gasteiger partial charge on any atom is -0.334 e. The number of hydrogen-bond acceptors (Lipinski definition) is 3. The molecule has 0 radical (unpaired) electrons. The Morgan fingerprint density at radius 3 is 2.88 bits per heavy atom. The number of aliphatic imine (C=N–C) groups is 1. The molecule has 2 nitrogen and oxygen atoms in total. The minimum atomic E-state index is -0.248. The normalized spacial score (nSPS) is 24.4. The van der Waals surface area contributed by atoms with Crippen molar-refractivity contribution in [2.24, 2.45) is 10.9 Å². The molecule has 2 unspecified atom stereocenters. The summed E-state index contributed by atoms with van der Waals surface area (Å²) in [6.07, 6.45) is 0. The summed E-state index contributed by atoms with van der Waals surface area (Å²) in [5.41, 5.74) is 0.847. The number of benzene rings is 1. The van der Waals surface area contributed by atoms with Crippen molar-refractivity contribution in [1.29, 1.82) is 0 Å². The Labute approximate surface area is 113 Å². The maximum atomic E-state index is 12.9. The Balaban J connectivity index is 2.13. The van der Waals surface area contributed by atoms with Crippen LogP contribution in [0.4, 0.5) is 10.1 Å². The highest BCUT2D eigenvalue weighted by atomic mass is 79.9. The van der Waals surface area contributed by atoms with Crippen LogP contribution >= 0.6 is 27.7 Å². The lowest BCUT2D eigenvalue weighted by Crippen LogP contribution is -2.25. The molecule has 0 saturated heterocycles. The van der Waals surface area contributed by atoms with Crippen molar-refractivity contribution in [3.63, 3.8) is 0 Å². The van der Waals surface area contributed by atoms with Crippen molar-refractivity contribution in [3.8, 4) is 0 Å². The number of amidine groups is 1. The number of anilines is 1. The predicted octanol–water partition coefficient (Wildman–Crippen LogP) is 4.13. The second-order valence-electron chi connectivity index (χ2n) is 4.21. The van der Waals surface area contributed by atoms with E-state index < -0.39 is 0 Å². The van der Waals surface area contributed by atoms with E-state index in [1.807, 2.05) is 0 Å². The van der Waals surface area contributed by atoms with Crippen LogP contribution in [0.3, 0.4) is 0 Å². The number of rotatable bonds is 1. The van der Waals surface area contributed by atoms with E-state index in [1.165, 1.54) is 12.1 Å². The van der Waals surface area contributed by atoms with Crippen molar-refractivity contribution in [1.82, 2.24) is 0 Å². The van der Waals surface area contributed by atoms with Gasteiger partial charge in [-0.15, -0.1) is 0 Å². The molecule has 1 N–H and O–H groups in total. The van der Waals surface area contributed by atoms with Crippen molar-refractivity contribution < 1.29 is 4.39 Å². The molecule has 0 aliphatic carbocycles. The molecule has 0 amide bonds. The number of hydrogen-bond donors (Lipinski definition) is 1. The van der Waals surface area contributed by atoms with Gasteiger partial charge < -0.3 is 5.32 Å². The molecular formula is C12H14BrFN2S. The molecule has 1 heterocycles. The van der Waals surface area contributed by atoms with Gasteiger partial charge in [-0.2, -0.15) is 0 Å². The number of nitrogens with zero attached hydrogens (tertiary/aromatic N) is 1. The molecule has 92 valence electrons. The summed E-state index contributed by atoms with van der Waals surface area (Å²) in [6, 6.07) is 4.93. The van der Waals surface area contributed by atoms with E-state index in [0.717, 1.165) is 16.6 Å². The standard InChI is InChI=1S/C12H14BrFN2S/c1-7-6-17-12(15-8(7)2)16-11-4-3-9(14)5-10(11)13/h3-5,7-8H,6H2,1-2H3,(H,15,16).